The van der Waals surface area contributed by atoms with Crippen molar-refractivity contribution in [2.45, 2.75) is 219 Å². The van der Waals surface area contributed by atoms with Crippen molar-refractivity contribution < 1.29 is 28.7 Å². The summed E-state index contributed by atoms with van der Waals surface area (Å²) in [5.74, 6) is 0. The highest BCUT2D eigenvalue weighted by atomic mass is 31.2. The van der Waals surface area contributed by atoms with Gasteiger partial charge in [0.25, 0.3) is 0 Å². The maximum atomic E-state index is 12.1. The van der Waals surface area contributed by atoms with E-state index in [0.717, 1.165) is 25.7 Å². The van der Waals surface area contributed by atoms with Gasteiger partial charge in [0.05, 0.1) is 25.4 Å². The molecule has 0 bridgehead atoms. The van der Waals surface area contributed by atoms with Crippen LogP contribution in [0.25, 0.3) is 0 Å². The van der Waals surface area contributed by atoms with Crippen molar-refractivity contribution in [3.63, 3.8) is 0 Å². The number of unbranched alkanes of at least 4 members (excludes halogenated alkanes) is 26. The number of aliphatic hydroxyl groups excluding tert-OH is 2. The summed E-state index contributed by atoms with van der Waals surface area (Å²) < 4.78 is 22.0. The number of phosphoric acid groups is 1. The van der Waals surface area contributed by atoms with Gasteiger partial charge >= 0.3 is 7.82 Å². The maximum Gasteiger partial charge on any atom is 0.472 e. The molecule has 2 atom stereocenters. The second-order valence-corrected chi connectivity index (χ2v) is 14.6. The van der Waals surface area contributed by atoms with Crippen LogP contribution in [-0.4, -0.2) is 40.5 Å². The third-order valence-corrected chi connectivity index (χ3v) is 9.59. The molecule has 0 aromatic heterocycles. The zero-order valence-corrected chi connectivity index (χ0v) is 29.7. The molecule has 0 aromatic carbocycles. The minimum atomic E-state index is -4.27. The van der Waals surface area contributed by atoms with Gasteiger partial charge < -0.3 is 15.1 Å². The summed E-state index contributed by atoms with van der Waals surface area (Å²) in [4.78, 5) is 9.89. The molecule has 0 radical (unpaired) electrons. The monoisotopic (exact) mass is 635 g/mol. The third kappa shape index (κ3) is 34.7. The average molecular weight is 635 g/mol. The molecule has 0 aliphatic heterocycles. The molecule has 0 aromatic rings. The summed E-state index contributed by atoms with van der Waals surface area (Å²) in [5, 5.41) is 20.2. The van der Waals surface area contributed by atoms with Crippen molar-refractivity contribution >= 4 is 7.82 Å². The Morgan fingerprint density at radius 2 is 0.628 bits per heavy atom. The highest BCUT2D eigenvalue weighted by Crippen LogP contribution is 2.43. The van der Waals surface area contributed by atoms with Gasteiger partial charge in [-0.3, -0.25) is 9.05 Å². The molecular formula is C36H75O6P. The molecule has 0 aliphatic carbocycles. The molecule has 0 heterocycles. The molecular weight excluding hydrogens is 559 g/mol. The minimum Gasteiger partial charge on any atom is -0.391 e. The Morgan fingerprint density at radius 1 is 0.419 bits per heavy atom. The van der Waals surface area contributed by atoms with E-state index in [2.05, 4.69) is 13.8 Å². The van der Waals surface area contributed by atoms with Crippen LogP contribution in [0, 0.1) is 0 Å². The summed E-state index contributed by atoms with van der Waals surface area (Å²) in [5.41, 5.74) is 0. The average Bonchev–Trinajstić information content (AvgIpc) is 2.99. The smallest absolute Gasteiger partial charge is 0.391 e. The standard InChI is InChI=1S/C36H75O6P/c1-3-5-7-9-11-13-15-17-19-21-23-25-27-29-31-35(37)33-41-43(39,40)42-34-36(38)32-30-28-26-24-22-20-18-16-14-12-10-8-6-4-2/h35-38H,3-34H2,1-2H3,(H,39,40)/t35-,36-/m1/s1. The van der Waals surface area contributed by atoms with Crippen molar-refractivity contribution in [1.82, 2.24) is 0 Å². The van der Waals surface area contributed by atoms with Gasteiger partial charge in [-0.1, -0.05) is 194 Å². The van der Waals surface area contributed by atoms with E-state index in [-0.39, 0.29) is 13.2 Å². The van der Waals surface area contributed by atoms with Gasteiger partial charge in [-0.15, -0.1) is 0 Å². The lowest BCUT2D eigenvalue weighted by Crippen LogP contribution is -2.17. The van der Waals surface area contributed by atoms with Gasteiger partial charge in [0.2, 0.25) is 0 Å². The van der Waals surface area contributed by atoms with E-state index < -0.39 is 20.0 Å². The molecule has 6 nitrogen and oxygen atoms in total. The third-order valence-electron chi connectivity index (χ3n) is 8.64. The van der Waals surface area contributed by atoms with Crippen LogP contribution in [0.5, 0.6) is 0 Å². The van der Waals surface area contributed by atoms with Crippen molar-refractivity contribution in [1.29, 1.82) is 0 Å². The molecule has 0 saturated heterocycles. The van der Waals surface area contributed by atoms with Crippen LogP contribution in [0.15, 0.2) is 0 Å². The first-order valence-electron chi connectivity index (χ1n) is 18.9. The Hall–Kier alpha value is 0.0300. The van der Waals surface area contributed by atoms with Gasteiger partial charge in [-0.2, -0.15) is 0 Å². The van der Waals surface area contributed by atoms with Gasteiger partial charge in [0, 0.05) is 0 Å². The summed E-state index contributed by atoms with van der Waals surface area (Å²) in [6.45, 7) is 4.08. The molecule has 0 fully saturated rings. The summed E-state index contributed by atoms with van der Waals surface area (Å²) >= 11 is 0. The zero-order valence-electron chi connectivity index (χ0n) is 28.8. The van der Waals surface area contributed by atoms with Crippen LogP contribution < -0.4 is 0 Å². The fourth-order valence-electron chi connectivity index (χ4n) is 5.71. The molecule has 0 saturated carbocycles. The quantitative estimate of drug-likeness (QED) is 0.0469. The Morgan fingerprint density at radius 3 is 0.860 bits per heavy atom. The first-order valence-corrected chi connectivity index (χ1v) is 20.4. The predicted molar refractivity (Wildman–Crippen MR) is 184 cm³/mol. The lowest BCUT2D eigenvalue weighted by atomic mass is 10.0. The van der Waals surface area contributed by atoms with E-state index in [1.165, 1.54) is 154 Å². The largest absolute Gasteiger partial charge is 0.472 e. The summed E-state index contributed by atoms with van der Waals surface area (Å²) in [6.07, 6.45) is 35.5. The molecule has 3 N–H and O–H groups in total. The van der Waals surface area contributed by atoms with Gasteiger partial charge in [0.15, 0.2) is 0 Å². The molecule has 0 spiro atoms. The molecule has 0 aliphatic rings. The molecule has 0 unspecified atom stereocenters. The van der Waals surface area contributed by atoms with Gasteiger partial charge in [-0.05, 0) is 12.8 Å². The fraction of sp³-hybridized carbons (Fsp3) is 1.00. The molecule has 43 heavy (non-hydrogen) atoms. The van der Waals surface area contributed by atoms with Crippen molar-refractivity contribution in [3.8, 4) is 0 Å². The molecule has 0 amide bonds. The second kappa shape index (κ2) is 33.4. The minimum absolute atomic E-state index is 0.221. The lowest BCUT2D eigenvalue weighted by molar-refractivity contribution is 0.0432. The van der Waals surface area contributed by atoms with E-state index in [1.807, 2.05) is 0 Å². The normalized spacial score (nSPS) is 13.5. The van der Waals surface area contributed by atoms with Crippen LogP contribution in [0.3, 0.4) is 0 Å². The second-order valence-electron chi connectivity index (χ2n) is 13.1. The molecule has 260 valence electrons. The van der Waals surface area contributed by atoms with Crippen molar-refractivity contribution in [2.75, 3.05) is 13.2 Å². The van der Waals surface area contributed by atoms with Crippen LogP contribution in [0.1, 0.15) is 206 Å². The van der Waals surface area contributed by atoms with E-state index >= 15 is 0 Å². The summed E-state index contributed by atoms with van der Waals surface area (Å²) in [7, 11) is -4.27. The topological polar surface area (TPSA) is 96.2 Å². The SMILES string of the molecule is CCCCCCCCCCCCCCCC[C@@H](O)COP(=O)(O)OC[C@H](O)CCCCCCCCCCCCCCCC. The van der Waals surface area contributed by atoms with Crippen LogP contribution in [-0.2, 0) is 13.6 Å². The fourth-order valence-corrected chi connectivity index (χ4v) is 6.51. The number of aliphatic hydroxyl groups is 2. The van der Waals surface area contributed by atoms with Crippen molar-refractivity contribution in [3.05, 3.63) is 0 Å². The van der Waals surface area contributed by atoms with Gasteiger partial charge in [0.1, 0.15) is 0 Å². The Kier molecular flexibility index (Phi) is 33.4. The van der Waals surface area contributed by atoms with Crippen LogP contribution in [0.4, 0.5) is 0 Å². The Bertz CT molecular complexity index is 544. The van der Waals surface area contributed by atoms with Crippen LogP contribution >= 0.6 is 7.82 Å². The lowest BCUT2D eigenvalue weighted by Gasteiger charge is -2.17. The zero-order chi connectivity index (χ0) is 31.7. The maximum absolute atomic E-state index is 12.1. The number of rotatable bonds is 36. The highest BCUT2D eigenvalue weighted by Gasteiger charge is 2.24. The van der Waals surface area contributed by atoms with Gasteiger partial charge in [-0.25, -0.2) is 4.57 Å². The van der Waals surface area contributed by atoms with Crippen molar-refractivity contribution in [2.24, 2.45) is 0 Å². The van der Waals surface area contributed by atoms with Crippen LogP contribution in [0.2, 0.25) is 0 Å². The Balaban J connectivity index is 3.51. The summed E-state index contributed by atoms with van der Waals surface area (Å²) in [6, 6.07) is 0. The van der Waals surface area contributed by atoms with E-state index in [1.54, 1.807) is 0 Å². The number of phosphoric ester groups is 1. The van der Waals surface area contributed by atoms with E-state index in [9.17, 15) is 19.7 Å². The Labute approximate surface area is 268 Å². The molecule has 0 rings (SSSR count). The highest BCUT2D eigenvalue weighted by molar-refractivity contribution is 7.47. The predicted octanol–water partition coefficient (Wildman–Crippen LogP) is 11.6. The van der Waals surface area contributed by atoms with E-state index in [0.29, 0.717) is 12.8 Å². The molecule has 7 heteroatoms. The first-order chi connectivity index (χ1) is 20.9. The van der Waals surface area contributed by atoms with E-state index in [4.69, 9.17) is 9.05 Å². The number of hydrogen-bond donors (Lipinski definition) is 3. The first kappa shape index (κ1) is 43.0. The number of hydrogen-bond acceptors (Lipinski definition) is 5.